The number of carbonyl (C=O) groups excluding carboxylic acids is 3. The van der Waals surface area contributed by atoms with E-state index in [9.17, 15) is 18.8 Å². The average molecular weight is 342 g/mol. The third-order valence-electron chi connectivity index (χ3n) is 3.86. The smallest absolute Gasteiger partial charge is 0.264 e. The summed E-state index contributed by atoms with van der Waals surface area (Å²) in [6, 6.07) is 10.7. The fourth-order valence-corrected chi connectivity index (χ4v) is 2.63. The van der Waals surface area contributed by atoms with E-state index in [1.807, 2.05) is 0 Å². The summed E-state index contributed by atoms with van der Waals surface area (Å²) >= 11 is 0. The topological polar surface area (TPSA) is 75.7 Å². The van der Waals surface area contributed by atoms with Gasteiger partial charge in [-0.3, -0.25) is 19.3 Å². The molecule has 2 aromatic rings. The van der Waals surface area contributed by atoms with Crippen LogP contribution < -0.4 is 10.1 Å². The van der Waals surface area contributed by atoms with E-state index in [1.165, 1.54) is 19.2 Å². The van der Waals surface area contributed by atoms with Gasteiger partial charge in [-0.1, -0.05) is 12.1 Å². The van der Waals surface area contributed by atoms with Crippen LogP contribution in [0.25, 0.3) is 0 Å². The van der Waals surface area contributed by atoms with Crippen LogP contribution in [0.15, 0.2) is 42.5 Å². The maximum absolute atomic E-state index is 13.8. The number of nitrogens with one attached hydrogen (secondary N) is 1. The second-order valence-electron chi connectivity index (χ2n) is 5.45. The molecule has 0 bridgehead atoms. The number of imide groups is 1. The highest BCUT2D eigenvalue weighted by Crippen LogP contribution is 2.25. The van der Waals surface area contributed by atoms with Crippen molar-refractivity contribution in [2.24, 2.45) is 0 Å². The van der Waals surface area contributed by atoms with Crippen LogP contribution in [0.1, 0.15) is 27.1 Å². The maximum atomic E-state index is 13.8. The molecule has 0 atom stereocenters. The Morgan fingerprint density at radius 3 is 2.64 bits per heavy atom. The summed E-state index contributed by atoms with van der Waals surface area (Å²) in [7, 11) is 1.52. The number of fused-ring (bicyclic) bond motifs is 1. The number of carbonyl (C=O) groups is 3. The standard InChI is InChI=1S/C18H15FN2O4/c1-25-12-5-2-4-11(10-12)20-15(22)8-9-21-17(23)13-6-3-7-14(19)16(13)18(21)24/h2-7,10H,8-9H2,1H3,(H,20,22). The second kappa shape index (κ2) is 6.72. The number of ether oxygens (including phenoxy) is 1. The highest BCUT2D eigenvalue weighted by Gasteiger charge is 2.37. The van der Waals surface area contributed by atoms with Gasteiger partial charge in [0.15, 0.2) is 0 Å². The van der Waals surface area contributed by atoms with Gasteiger partial charge in [0.05, 0.1) is 18.2 Å². The Labute approximate surface area is 143 Å². The van der Waals surface area contributed by atoms with E-state index in [4.69, 9.17) is 4.74 Å². The lowest BCUT2D eigenvalue weighted by Crippen LogP contribution is -2.33. The number of nitrogens with zero attached hydrogens (tertiary/aromatic N) is 1. The number of methoxy groups -OCH3 is 1. The number of benzene rings is 2. The molecule has 128 valence electrons. The van der Waals surface area contributed by atoms with Gasteiger partial charge in [-0.15, -0.1) is 0 Å². The van der Waals surface area contributed by atoms with Crippen molar-refractivity contribution in [1.82, 2.24) is 4.90 Å². The molecule has 1 aliphatic heterocycles. The molecule has 3 rings (SSSR count). The molecule has 3 amide bonds. The van der Waals surface area contributed by atoms with E-state index in [2.05, 4.69) is 5.32 Å². The van der Waals surface area contributed by atoms with Crippen molar-refractivity contribution in [1.29, 1.82) is 0 Å². The number of hydrogen-bond donors (Lipinski definition) is 1. The molecule has 0 aliphatic carbocycles. The van der Waals surface area contributed by atoms with Crippen molar-refractivity contribution >= 4 is 23.4 Å². The minimum atomic E-state index is -0.737. The molecule has 0 spiro atoms. The Bertz CT molecular complexity index is 866. The van der Waals surface area contributed by atoms with Crippen LogP contribution in [0, 0.1) is 5.82 Å². The first-order valence-electron chi connectivity index (χ1n) is 7.60. The SMILES string of the molecule is COc1cccc(NC(=O)CCN2C(=O)c3cccc(F)c3C2=O)c1. The third kappa shape index (κ3) is 3.21. The van der Waals surface area contributed by atoms with Crippen molar-refractivity contribution in [3.63, 3.8) is 0 Å². The lowest BCUT2D eigenvalue weighted by atomic mass is 10.1. The minimum Gasteiger partial charge on any atom is -0.497 e. The summed E-state index contributed by atoms with van der Waals surface area (Å²) in [5.74, 6) is -1.82. The molecule has 1 aliphatic rings. The molecule has 0 radical (unpaired) electrons. The molecule has 0 saturated carbocycles. The first-order chi connectivity index (χ1) is 12.0. The van der Waals surface area contributed by atoms with Gasteiger partial charge in [0.25, 0.3) is 11.8 Å². The Balaban J connectivity index is 1.64. The van der Waals surface area contributed by atoms with Crippen LogP contribution in [0.5, 0.6) is 5.75 Å². The van der Waals surface area contributed by atoms with Gasteiger partial charge in [0, 0.05) is 24.7 Å². The van der Waals surface area contributed by atoms with Gasteiger partial charge < -0.3 is 10.1 Å². The normalized spacial score (nSPS) is 13.0. The molecule has 0 fully saturated rings. The lowest BCUT2D eigenvalue weighted by molar-refractivity contribution is -0.116. The Morgan fingerprint density at radius 2 is 1.92 bits per heavy atom. The predicted molar refractivity (Wildman–Crippen MR) is 88.0 cm³/mol. The Morgan fingerprint density at radius 1 is 1.16 bits per heavy atom. The molecule has 0 saturated heterocycles. The summed E-state index contributed by atoms with van der Waals surface area (Å²) < 4.78 is 18.8. The fraction of sp³-hybridized carbons (Fsp3) is 0.167. The number of anilines is 1. The largest absolute Gasteiger partial charge is 0.497 e. The highest BCUT2D eigenvalue weighted by atomic mass is 19.1. The first kappa shape index (κ1) is 16.6. The van der Waals surface area contributed by atoms with E-state index in [0.717, 1.165) is 11.0 Å². The molecule has 0 unspecified atom stereocenters. The van der Waals surface area contributed by atoms with E-state index in [-0.39, 0.29) is 30.0 Å². The molecule has 25 heavy (non-hydrogen) atoms. The highest BCUT2D eigenvalue weighted by molar-refractivity contribution is 6.21. The molecule has 0 aromatic heterocycles. The molecule has 1 heterocycles. The van der Waals surface area contributed by atoms with Gasteiger partial charge in [-0.05, 0) is 24.3 Å². The van der Waals surface area contributed by atoms with Crippen LogP contribution in [-0.2, 0) is 4.79 Å². The second-order valence-corrected chi connectivity index (χ2v) is 5.45. The number of rotatable bonds is 5. The van der Waals surface area contributed by atoms with Crippen LogP contribution >= 0.6 is 0 Å². The lowest BCUT2D eigenvalue weighted by Gasteiger charge is -2.13. The minimum absolute atomic E-state index is 0.0261. The molecule has 2 aromatic carbocycles. The fourth-order valence-electron chi connectivity index (χ4n) is 2.63. The quantitative estimate of drug-likeness (QED) is 0.847. The van der Waals surface area contributed by atoms with Crippen molar-refractivity contribution in [3.8, 4) is 5.75 Å². The Hall–Kier alpha value is -3.22. The monoisotopic (exact) mass is 342 g/mol. The number of hydrogen-bond acceptors (Lipinski definition) is 4. The average Bonchev–Trinajstić information content (AvgIpc) is 2.85. The van der Waals surface area contributed by atoms with Crippen molar-refractivity contribution in [2.45, 2.75) is 6.42 Å². The van der Waals surface area contributed by atoms with Crippen LogP contribution in [-0.4, -0.2) is 36.3 Å². The molecule has 6 nitrogen and oxygen atoms in total. The molecular weight excluding hydrogens is 327 g/mol. The zero-order valence-corrected chi connectivity index (χ0v) is 13.4. The summed E-state index contributed by atoms with van der Waals surface area (Å²) in [4.78, 5) is 37.3. The molecule has 7 heteroatoms. The van der Waals surface area contributed by atoms with Crippen molar-refractivity contribution in [2.75, 3.05) is 19.0 Å². The number of amides is 3. The van der Waals surface area contributed by atoms with E-state index in [1.54, 1.807) is 24.3 Å². The molecule has 1 N–H and O–H groups in total. The predicted octanol–water partition coefficient (Wildman–Crippen LogP) is 2.46. The zero-order chi connectivity index (χ0) is 18.0. The summed E-state index contributed by atoms with van der Waals surface area (Å²) in [6.45, 7) is -0.123. The van der Waals surface area contributed by atoms with Crippen LogP contribution in [0.3, 0.4) is 0 Å². The van der Waals surface area contributed by atoms with Gasteiger partial charge >= 0.3 is 0 Å². The first-order valence-corrected chi connectivity index (χ1v) is 7.60. The van der Waals surface area contributed by atoms with E-state index < -0.39 is 17.6 Å². The summed E-state index contributed by atoms with van der Waals surface area (Å²) in [5.41, 5.74) is 0.330. The summed E-state index contributed by atoms with van der Waals surface area (Å²) in [6.07, 6.45) is -0.0930. The van der Waals surface area contributed by atoms with E-state index in [0.29, 0.717) is 11.4 Å². The van der Waals surface area contributed by atoms with Crippen LogP contribution in [0.2, 0.25) is 0 Å². The van der Waals surface area contributed by atoms with Crippen LogP contribution in [0.4, 0.5) is 10.1 Å². The van der Waals surface area contributed by atoms with Crippen molar-refractivity contribution < 1.29 is 23.5 Å². The molecular formula is C18H15FN2O4. The van der Waals surface area contributed by atoms with E-state index >= 15 is 0 Å². The zero-order valence-electron chi connectivity index (χ0n) is 13.4. The van der Waals surface area contributed by atoms with Gasteiger partial charge in [0.2, 0.25) is 5.91 Å². The summed E-state index contributed by atoms with van der Waals surface area (Å²) in [5, 5.41) is 2.66. The third-order valence-corrected chi connectivity index (χ3v) is 3.86. The maximum Gasteiger partial charge on any atom is 0.264 e. The number of halogens is 1. The van der Waals surface area contributed by atoms with Crippen molar-refractivity contribution in [3.05, 3.63) is 59.4 Å². The van der Waals surface area contributed by atoms with Gasteiger partial charge in [-0.25, -0.2) is 4.39 Å². The Kier molecular flexibility index (Phi) is 4.47. The van der Waals surface area contributed by atoms with Gasteiger partial charge in [0.1, 0.15) is 11.6 Å². The van der Waals surface area contributed by atoms with Gasteiger partial charge in [-0.2, -0.15) is 0 Å².